The molecule has 0 amide bonds. The van der Waals surface area contributed by atoms with Crippen LogP contribution in [0.2, 0.25) is 0 Å². The first-order valence-corrected chi connectivity index (χ1v) is 12.5. The molecule has 3 aromatic rings. The van der Waals surface area contributed by atoms with Gasteiger partial charge in [-0.25, -0.2) is 4.98 Å². The van der Waals surface area contributed by atoms with E-state index in [1.54, 1.807) is 0 Å². The summed E-state index contributed by atoms with van der Waals surface area (Å²) < 4.78 is 1.96. The minimum Gasteiger partial charge on any atom is -0.378 e. The van der Waals surface area contributed by atoms with Gasteiger partial charge in [-0.15, -0.1) is 0 Å². The van der Waals surface area contributed by atoms with Gasteiger partial charge >= 0.3 is 0 Å². The van der Waals surface area contributed by atoms with Crippen molar-refractivity contribution in [2.75, 3.05) is 25.5 Å². The number of aldehydes is 1. The van der Waals surface area contributed by atoms with Crippen LogP contribution in [-0.2, 0) is 11.3 Å². The van der Waals surface area contributed by atoms with Gasteiger partial charge in [0.2, 0.25) is 0 Å². The molecular weight excluding hydrogens is 436 g/mol. The predicted molar refractivity (Wildman–Crippen MR) is 140 cm³/mol. The number of piperidine rings is 1. The molecule has 0 spiro atoms. The van der Waals surface area contributed by atoms with E-state index in [9.17, 15) is 4.79 Å². The monoisotopic (exact) mass is 470 g/mol. The van der Waals surface area contributed by atoms with Gasteiger partial charge in [0.05, 0.1) is 11.9 Å². The van der Waals surface area contributed by atoms with Gasteiger partial charge in [-0.2, -0.15) is 5.10 Å². The smallest absolute Gasteiger partial charge is 0.146 e. The third kappa shape index (κ3) is 5.15. The van der Waals surface area contributed by atoms with Gasteiger partial charge in [-0.1, -0.05) is 26.0 Å². The highest BCUT2D eigenvalue weighted by atomic mass is 16.1. The van der Waals surface area contributed by atoms with E-state index in [2.05, 4.69) is 65.8 Å². The Bertz CT molecular complexity index is 1200. The maximum Gasteiger partial charge on any atom is 0.146 e. The zero-order valence-corrected chi connectivity index (χ0v) is 20.7. The van der Waals surface area contributed by atoms with E-state index in [1.165, 1.54) is 18.4 Å². The number of rotatable bonds is 7. The third-order valence-corrected chi connectivity index (χ3v) is 6.92. The number of carbonyl (C=O) groups is 1. The van der Waals surface area contributed by atoms with E-state index in [0.717, 1.165) is 54.0 Å². The molecule has 7 nitrogen and oxygen atoms in total. The Morgan fingerprint density at radius 2 is 1.97 bits per heavy atom. The number of fused-ring (bicyclic) bond motifs is 1. The number of anilines is 2. The van der Waals surface area contributed by atoms with Gasteiger partial charge in [-0.05, 0) is 86.4 Å². The Labute approximate surface area is 207 Å². The molecule has 7 heteroatoms. The second-order valence-corrected chi connectivity index (χ2v) is 10.1. The zero-order chi connectivity index (χ0) is 24.4. The molecule has 1 unspecified atom stereocenters. The van der Waals surface area contributed by atoms with Gasteiger partial charge in [0.25, 0.3) is 0 Å². The van der Waals surface area contributed by atoms with Crippen molar-refractivity contribution >= 4 is 23.9 Å². The number of likely N-dealkylation sites (tertiary alicyclic amines) is 1. The number of hydrogen-bond acceptors (Lipinski definition) is 6. The van der Waals surface area contributed by atoms with Crippen LogP contribution >= 0.6 is 0 Å². The van der Waals surface area contributed by atoms with E-state index in [-0.39, 0.29) is 0 Å². The first-order valence-electron chi connectivity index (χ1n) is 12.5. The van der Waals surface area contributed by atoms with E-state index in [1.807, 2.05) is 35.4 Å². The Kier molecular flexibility index (Phi) is 6.68. The molecule has 0 bridgehead atoms. The number of aromatic nitrogens is 3. The van der Waals surface area contributed by atoms with Gasteiger partial charge in [0.15, 0.2) is 0 Å². The second kappa shape index (κ2) is 10.0. The Morgan fingerprint density at radius 3 is 2.69 bits per heavy atom. The van der Waals surface area contributed by atoms with E-state index < -0.39 is 6.04 Å². The molecule has 1 saturated heterocycles. The SMILES string of the molecule is CC(C)Cn1cc(-c2cc3c(c(Nc4ccc(C5CCN(C)CC5)cc4)n2)C(C=O)NC=C3)cn1. The topological polar surface area (TPSA) is 75.1 Å². The highest BCUT2D eigenvalue weighted by Crippen LogP contribution is 2.35. The summed E-state index contributed by atoms with van der Waals surface area (Å²) in [5.74, 6) is 1.82. The summed E-state index contributed by atoms with van der Waals surface area (Å²) in [4.78, 5) is 19.2. The van der Waals surface area contributed by atoms with Crippen molar-refractivity contribution in [3.05, 3.63) is 65.6 Å². The maximum absolute atomic E-state index is 11.9. The lowest BCUT2D eigenvalue weighted by atomic mass is 9.89. The van der Waals surface area contributed by atoms with Crippen molar-refractivity contribution in [1.82, 2.24) is 25.0 Å². The number of carbonyl (C=O) groups excluding carboxylic acids is 1. The molecule has 35 heavy (non-hydrogen) atoms. The summed E-state index contributed by atoms with van der Waals surface area (Å²) in [6.45, 7) is 7.51. The molecular formula is C28H34N6O. The molecule has 182 valence electrons. The van der Waals surface area contributed by atoms with Crippen molar-refractivity contribution in [3.8, 4) is 11.3 Å². The highest BCUT2D eigenvalue weighted by Gasteiger charge is 2.23. The van der Waals surface area contributed by atoms with Crippen LogP contribution in [0.15, 0.2) is 48.9 Å². The minimum atomic E-state index is -0.443. The van der Waals surface area contributed by atoms with Crippen molar-refractivity contribution in [3.63, 3.8) is 0 Å². The average Bonchev–Trinajstić information content (AvgIpc) is 3.32. The summed E-state index contributed by atoms with van der Waals surface area (Å²) in [5, 5.41) is 11.2. The van der Waals surface area contributed by atoms with Crippen LogP contribution in [0.3, 0.4) is 0 Å². The number of benzene rings is 1. The minimum absolute atomic E-state index is 0.443. The lowest BCUT2D eigenvalue weighted by Crippen LogP contribution is -2.29. The standard InChI is InChI=1S/C28H34N6O/c1-19(2)16-34-17-23(15-30-34)25-14-22-8-11-29-26(18-35)27(22)28(32-25)31-24-6-4-20(5-7-24)21-9-12-33(3)13-10-21/h4-8,11,14-15,17-19,21,26,29H,9-10,12-13,16H2,1-3H3,(H,31,32). The van der Waals surface area contributed by atoms with Crippen LogP contribution in [0.25, 0.3) is 17.3 Å². The van der Waals surface area contributed by atoms with Crippen LogP contribution in [0, 0.1) is 5.92 Å². The molecule has 5 rings (SSSR count). The summed E-state index contributed by atoms with van der Waals surface area (Å²) >= 11 is 0. The number of nitrogens with one attached hydrogen (secondary N) is 2. The fraction of sp³-hybridized carbons (Fsp3) is 0.393. The van der Waals surface area contributed by atoms with Crippen molar-refractivity contribution in [1.29, 1.82) is 0 Å². The molecule has 2 aliphatic heterocycles. The average molecular weight is 471 g/mol. The van der Waals surface area contributed by atoms with E-state index in [4.69, 9.17) is 4.98 Å². The van der Waals surface area contributed by atoms with E-state index in [0.29, 0.717) is 17.7 Å². The molecule has 0 radical (unpaired) electrons. The molecule has 1 aromatic carbocycles. The van der Waals surface area contributed by atoms with Gasteiger partial charge in [0, 0.05) is 29.6 Å². The Morgan fingerprint density at radius 1 is 1.20 bits per heavy atom. The third-order valence-electron chi connectivity index (χ3n) is 6.92. The molecule has 0 aliphatic carbocycles. The number of pyridine rings is 1. The predicted octanol–water partition coefficient (Wildman–Crippen LogP) is 4.97. The summed E-state index contributed by atoms with van der Waals surface area (Å²) in [7, 11) is 2.19. The van der Waals surface area contributed by atoms with Crippen LogP contribution in [0.5, 0.6) is 0 Å². The number of hydrogen-bond donors (Lipinski definition) is 2. The Balaban J connectivity index is 1.45. The highest BCUT2D eigenvalue weighted by molar-refractivity contribution is 5.79. The summed E-state index contributed by atoms with van der Waals surface area (Å²) in [5.41, 5.74) is 5.99. The summed E-state index contributed by atoms with van der Waals surface area (Å²) in [6, 6.07) is 10.3. The normalized spacial score (nSPS) is 18.3. The largest absolute Gasteiger partial charge is 0.378 e. The molecule has 2 aliphatic rings. The zero-order valence-electron chi connectivity index (χ0n) is 20.7. The lowest BCUT2D eigenvalue weighted by Gasteiger charge is -2.29. The fourth-order valence-corrected chi connectivity index (χ4v) is 5.00. The molecule has 2 aromatic heterocycles. The fourth-order valence-electron chi connectivity index (χ4n) is 5.00. The van der Waals surface area contributed by atoms with Crippen molar-refractivity contribution < 1.29 is 4.79 Å². The second-order valence-electron chi connectivity index (χ2n) is 10.1. The Hall–Kier alpha value is -3.45. The van der Waals surface area contributed by atoms with Crippen LogP contribution in [-0.4, -0.2) is 46.1 Å². The molecule has 1 atom stereocenters. The summed E-state index contributed by atoms with van der Waals surface area (Å²) in [6.07, 6.45) is 11.0. The lowest BCUT2D eigenvalue weighted by molar-refractivity contribution is -0.109. The van der Waals surface area contributed by atoms with Crippen molar-refractivity contribution in [2.45, 2.75) is 45.2 Å². The van der Waals surface area contributed by atoms with Crippen LogP contribution in [0.4, 0.5) is 11.5 Å². The number of nitrogens with zero attached hydrogens (tertiary/aromatic N) is 4. The molecule has 4 heterocycles. The van der Waals surface area contributed by atoms with Crippen LogP contribution < -0.4 is 10.6 Å². The quantitative estimate of drug-likeness (QED) is 0.475. The molecule has 1 fully saturated rings. The van der Waals surface area contributed by atoms with Crippen LogP contribution in [0.1, 0.15) is 55.3 Å². The van der Waals surface area contributed by atoms with Gasteiger partial charge in [0.1, 0.15) is 18.1 Å². The van der Waals surface area contributed by atoms with Crippen molar-refractivity contribution in [2.24, 2.45) is 5.92 Å². The molecule has 0 saturated carbocycles. The van der Waals surface area contributed by atoms with Gasteiger partial charge < -0.3 is 20.3 Å². The molecule has 2 N–H and O–H groups in total. The first-order chi connectivity index (χ1) is 17.0. The maximum atomic E-state index is 11.9. The van der Waals surface area contributed by atoms with E-state index >= 15 is 0 Å². The van der Waals surface area contributed by atoms with Gasteiger partial charge in [-0.3, -0.25) is 4.68 Å². The first kappa shape index (κ1) is 23.3.